The Morgan fingerprint density at radius 3 is 2.41 bits per heavy atom. The Kier molecular flexibility index (Phi) is 7.73. The van der Waals surface area contributed by atoms with Crippen LogP contribution in [0.5, 0.6) is 0 Å². The van der Waals surface area contributed by atoms with Crippen LogP contribution in [-0.4, -0.2) is 62.1 Å². The SMILES string of the molecule is Cc1ccc(S(=O)(=O)Nc2cnc(N3CCC(CCN4CCCCC4)CC3)c(C(=O)O)c2)cc1. The van der Waals surface area contributed by atoms with Crippen molar-refractivity contribution in [3.8, 4) is 0 Å². The normalized spacial score (nSPS) is 18.1. The van der Waals surface area contributed by atoms with Crippen molar-refractivity contribution in [3.05, 3.63) is 47.7 Å². The van der Waals surface area contributed by atoms with E-state index < -0.39 is 16.0 Å². The zero-order valence-corrected chi connectivity index (χ0v) is 20.6. The van der Waals surface area contributed by atoms with Crippen molar-refractivity contribution in [2.24, 2.45) is 5.92 Å². The highest BCUT2D eigenvalue weighted by Crippen LogP contribution is 2.29. The number of piperidine rings is 2. The second kappa shape index (κ2) is 10.7. The van der Waals surface area contributed by atoms with Crippen molar-refractivity contribution < 1.29 is 18.3 Å². The van der Waals surface area contributed by atoms with Gasteiger partial charge in [0.05, 0.1) is 16.8 Å². The molecule has 0 spiro atoms. The molecule has 0 amide bonds. The smallest absolute Gasteiger partial charge is 0.339 e. The third-order valence-electron chi connectivity index (χ3n) is 6.90. The number of carboxylic acid groups (broad SMARTS) is 1. The van der Waals surface area contributed by atoms with E-state index in [9.17, 15) is 18.3 Å². The standard InChI is InChI=1S/C25H34N4O4S/c1-19-5-7-22(8-6-19)34(32,33)27-21-17-23(25(30)31)24(26-18-21)29-15-10-20(11-16-29)9-14-28-12-3-2-4-13-28/h5-8,17-18,20,27H,2-4,9-16H2,1H3,(H,30,31). The fourth-order valence-corrected chi connectivity index (χ4v) is 5.87. The Morgan fingerprint density at radius 2 is 1.76 bits per heavy atom. The Labute approximate surface area is 202 Å². The lowest BCUT2D eigenvalue weighted by atomic mass is 9.93. The first-order valence-corrected chi connectivity index (χ1v) is 13.6. The van der Waals surface area contributed by atoms with Crippen molar-refractivity contribution in [3.63, 3.8) is 0 Å². The van der Waals surface area contributed by atoms with E-state index in [4.69, 9.17) is 0 Å². The number of benzene rings is 1. The highest BCUT2D eigenvalue weighted by molar-refractivity contribution is 7.92. The van der Waals surface area contributed by atoms with Crippen LogP contribution in [0, 0.1) is 12.8 Å². The summed E-state index contributed by atoms with van der Waals surface area (Å²) < 4.78 is 27.8. The summed E-state index contributed by atoms with van der Waals surface area (Å²) in [7, 11) is -3.83. The predicted octanol–water partition coefficient (Wildman–Crippen LogP) is 3.98. The molecular weight excluding hydrogens is 452 g/mol. The molecule has 2 aliphatic rings. The quantitative estimate of drug-likeness (QED) is 0.582. The van der Waals surface area contributed by atoms with Crippen molar-refractivity contribution in [2.45, 2.75) is 50.3 Å². The molecule has 2 N–H and O–H groups in total. The molecule has 2 aliphatic heterocycles. The van der Waals surface area contributed by atoms with Gasteiger partial charge in [-0.2, -0.15) is 0 Å². The van der Waals surface area contributed by atoms with Gasteiger partial charge < -0.3 is 14.9 Å². The van der Waals surface area contributed by atoms with Crippen LogP contribution in [0.4, 0.5) is 11.5 Å². The first kappa shape index (κ1) is 24.5. The van der Waals surface area contributed by atoms with Crippen LogP contribution in [0.25, 0.3) is 0 Å². The number of nitrogens with zero attached hydrogens (tertiary/aromatic N) is 3. The van der Waals surface area contributed by atoms with Gasteiger partial charge in [-0.3, -0.25) is 4.72 Å². The van der Waals surface area contributed by atoms with E-state index in [1.54, 1.807) is 12.1 Å². The number of rotatable bonds is 8. The topological polar surface area (TPSA) is 103 Å². The number of aryl methyl sites for hydroxylation is 1. The van der Waals surface area contributed by atoms with Crippen LogP contribution in [-0.2, 0) is 10.0 Å². The van der Waals surface area contributed by atoms with Crippen LogP contribution in [0.1, 0.15) is 54.4 Å². The van der Waals surface area contributed by atoms with Crippen LogP contribution in [0.3, 0.4) is 0 Å². The second-order valence-electron chi connectivity index (χ2n) is 9.44. The molecule has 4 rings (SSSR count). The number of carboxylic acids is 1. The van der Waals surface area contributed by atoms with Gasteiger partial charge in [0.15, 0.2) is 0 Å². The number of anilines is 2. The molecule has 0 unspecified atom stereocenters. The third-order valence-corrected chi connectivity index (χ3v) is 8.29. The van der Waals surface area contributed by atoms with Crippen LogP contribution in [0.15, 0.2) is 41.4 Å². The molecule has 3 heterocycles. The number of likely N-dealkylation sites (tertiary alicyclic amines) is 1. The molecule has 2 saturated heterocycles. The maximum Gasteiger partial charge on any atom is 0.339 e. The molecule has 184 valence electrons. The van der Waals surface area contributed by atoms with Crippen molar-refractivity contribution in [2.75, 3.05) is 42.3 Å². The fourth-order valence-electron chi connectivity index (χ4n) is 4.84. The number of carbonyl (C=O) groups is 1. The average molecular weight is 487 g/mol. The molecule has 0 radical (unpaired) electrons. The molecule has 1 aromatic heterocycles. The van der Waals surface area contributed by atoms with Crippen molar-refractivity contribution in [1.29, 1.82) is 0 Å². The van der Waals surface area contributed by atoms with E-state index in [1.807, 2.05) is 11.8 Å². The number of aromatic carboxylic acids is 1. The summed E-state index contributed by atoms with van der Waals surface area (Å²) in [5.41, 5.74) is 1.10. The molecule has 0 aliphatic carbocycles. The molecular formula is C25H34N4O4S. The lowest BCUT2D eigenvalue weighted by Crippen LogP contribution is -2.37. The first-order chi connectivity index (χ1) is 16.3. The summed E-state index contributed by atoms with van der Waals surface area (Å²) in [6.45, 7) is 6.97. The molecule has 8 nitrogen and oxygen atoms in total. The Bertz CT molecular complexity index is 1090. The van der Waals surface area contributed by atoms with Gasteiger partial charge in [-0.05, 0) is 82.8 Å². The summed E-state index contributed by atoms with van der Waals surface area (Å²) in [5.74, 6) is -0.0709. The number of sulfonamides is 1. The maximum absolute atomic E-state index is 12.7. The highest BCUT2D eigenvalue weighted by atomic mass is 32.2. The van der Waals surface area contributed by atoms with E-state index in [0.717, 1.165) is 38.0 Å². The van der Waals surface area contributed by atoms with E-state index in [1.165, 1.54) is 63.2 Å². The zero-order valence-electron chi connectivity index (χ0n) is 19.7. The number of hydrogen-bond acceptors (Lipinski definition) is 6. The zero-order chi connectivity index (χ0) is 24.1. The lowest BCUT2D eigenvalue weighted by Gasteiger charge is -2.35. The first-order valence-electron chi connectivity index (χ1n) is 12.1. The summed E-state index contributed by atoms with van der Waals surface area (Å²) >= 11 is 0. The van der Waals surface area contributed by atoms with Gasteiger partial charge >= 0.3 is 5.97 Å². The highest BCUT2D eigenvalue weighted by Gasteiger charge is 2.25. The molecule has 2 aromatic rings. The monoisotopic (exact) mass is 486 g/mol. The van der Waals surface area contributed by atoms with Gasteiger partial charge in [0.1, 0.15) is 11.4 Å². The largest absolute Gasteiger partial charge is 0.478 e. The Hall–Kier alpha value is -2.65. The molecule has 0 saturated carbocycles. The lowest BCUT2D eigenvalue weighted by molar-refractivity contribution is 0.0697. The summed E-state index contributed by atoms with van der Waals surface area (Å²) in [5, 5.41) is 9.80. The minimum absolute atomic E-state index is 0.0101. The van der Waals surface area contributed by atoms with E-state index in [-0.39, 0.29) is 16.1 Å². The molecule has 1 aromatic carbocycles. The van der Waals surface area contributed by atoms with Gasteiger partial charge in [0.2, 0.25) is 0 Å². The third kappa shape index (κ3) is 6.07. The van der Waals surface area contributed by atoms with E-state index in [2.05, 4.69) is 14.6 Å². The number of aromatic nitrogens is 1. The second-order valence-corrected chi connectivity index (χ2v) is 11.1. The molecule has 9 heteroatoms. The van der Waals surface area contributed by atoms with Gasteiger partial charge in [0.25, 0.3) is 10.0 Å². The summed E-state index contributed by atoms with van der Waals surface area (Å²) in [4.78, 5) is 21.0. The Morgan fingerprint density at radius 1 is 1.09 bits per heavy atom. The van der Waals surface area contributed by atoms with Crippen LogP contribution in [0.2, 0.25) is 0 Å². The molecule has 0 bridgehead atoms. The number of pyridine rings is 1. The van der Waals surface area contributed by atoms with Gasteiger partial charge in [-0.1, -0.05) is 24.1 Å². The van der Waals surface area contributed by atoms with Gasteiger partial charge in [0, 0.05) is 13.1 Å². The van der Waals surface area contributed by atoms with Crippen molar-refractivity contribution >= 4 is 27.5 Å². The molecule has 2 fully saturated rings. The average Bonchev–Trinajstić information content (AvgIpc) is 2.84. The predicted molar refractivity (Wildman–Crippen MR) is 133 cm³/mol. The van der Waals surface area contributed by atoms with Crippen LogP contribution < -0.4 is 9.62 Å². The maximum atomic E-state index is 12.7. The van der Waals surface area contributed by atoms with Crippen LogP contribution >= 0.6 is 0 Å². The van der Waals surface area contributed by atoms with E-state index >= 15 is 0 Å². The summed E-state index contributed by atoms with van der Waals surface area (Å²) in [6, 6.07) is 7.84. The summed E-state index contributed by atoms with van der Waals surface area (Å²) in [6.07, 6.45) is 8.56. The molecule has 34 heavy (non-hydrogen) atoms. The number of nitrogens with one attached hydrogen (secondary N) is 1. The van der Waals surface area contributed by atoms with Crippen molar-refractivity contribution in [1.82, 2.24) is 9.88 Å². The number of hydrogen-bond donors (Lipinski definition) is 2. The van der Waals surface area contributed by atoms with E-state index in [0.29, 0.717) is 11.7 Å². The molecule has 0 atom stereocenters. The van der Waals surface area contributed by atoms with Gasteiger partial charge in [-0.15, -0.1) is 0 Å². The minimum Gasteiger partial charge on any atom is -0.478 e. The fraction of sp³-hybridized carbons (Fsp3) is 0.520. The minimum atomic E-state index is -3.83. The van der Waals surface area contributed by atoms with Gasteiger partial charge in [-0.25, -0.2) is 18.2 Å². The Balaban J connectivity index is 1.40.